The summed E-state index contributed by atoms with van der Waals surface area (Å²) in [5.41, 5.74) is 1.65. The van der Waals surface area contributed by atoms with Crippen molar-refractivity contribution in [2.24, 2.45) is 0 Å². The molecule has 2 amide bonds. The van der Waals surface area contributed by atoms with Gasteiger partial charge >= 0.3 is 0 Å². The molecule has 0 radical (unpaired) electrons. The van der Waals surface area contributed by atoms with E-state index >= 15 is 0 Å². The molecule has 6 heteroatoms. The summed E-state index contributed by atoms with van der Waals surface area (Å²) in [4.78, 5) is 26.9. The van der Waals surface area contributed by atoms with E-state index in [9.17, 15) is 9.59 Å². The zero-order valence-electron chi connectivity index (χ0n) is 14.8. The smallest absolute Gasteiger partial charge is 0.242 e. The molecular weight excluding hydrogens is 371 g/mol. The van der Waals surface area contributed by atoms with Crippen LogP contribution in [-0.4, -0.2) is 29.8 Å². The molecule has 2 aromatic carbocycles. The zero-order chi connectivity index (χ0) is 19.1. The van der Waals surface area contributed by atoms with Crippen molar-refractivity contribution in [3.8, 4) is 0 Å². The number of rotatable bonds is 7. The van der Waals surface area contributed by atoms with Crippen LogP contribution < -0.4 is 5.32 Å². The molecule has 4 nitrogen and oxygen atoms in total. The van der Waals surface area contributed by atoms with Gasteiger partial charge in [-0.15, -0.1) is 0 Å². The normalized spacial score (nSPS) is 11.7. The number of carbonyl (C=O) groups is 2. The van der Waals surface area contributed by atoms with Gasteiger partial charge in [0, 0.05) is 23.6 Å². The molecule has 0 fully saturated rings. The Labute approximate surface area is 164 Å². The molecular formula is C20H22Cl2N2O2. The molecule has 0 aliphatic rings. The van der Waals surface area contributed by atoms with Crippen molar-refractivity contribution in [2.45, 2.75) is 32.4 Å². The van der Waals surface area contributed by atoms with E-state index in [1.165, 1.54) is 0 Å². The topological polar surface area (TPSA) is 49.4 Å². The number of likely N-dealkylation sites (N-methyl/N-ethyl adjacent to an activating group) is 1. The van der Waals surface area contributed by atoms with Crippen LogP contribution in [0.25, 0.3) is 0 Å². The number of nitrogens with zero attached hydrogens (tertiary/aromatic N) is 1. The van der Waals surface area contributed by atoms with Crippen molar-refractivity contribution in [3.63, 3.8) is 0 Å². The van der Waals surface area contributed by atoms with Gasteiger partial charge in [-0.3, -0.25) is 9.59 Å². The summed E-state index contributed by atoms with van der Waals surface area (Å²) in [5.74, 6) is -0.340. The highest BCUT2D eigenvalue weighted by Gasteiger charge is 2.28. The summed E-state index contributed by atoms with van der Waals surface area (Å²) in [7, 11) is 1.58. The van der Waals surface area contributed by atoms with Gasteiger partial charge in [0.25, 0.3) is 0 Å². The summed E-state index contributed by atoms with van der Waals surface area (Å²) in [5, 5.41) is 3.60. The Morgan fingerprint density at radius 1 is 1.12 bits per heavy atom. The lowest BCUT2D eigenvalue weighted by atomic mass is 10.1. The van der Waals surface area contributed by atoms with Crippen molar-refractivity contribution in [3.05, 3.63) is 69.7 Å². The van der Waals surface area contributed by atoms with Crippen molar-refractivity contribution in [2.75, 3.05) is 7.05 Å². The van der Waals surface area contributed by atoms with E-state index < -0.39 is 6.04 Å². The molecule has 0 spiro atoms. The first-order valence-corrected chi connectivity index (χ1v) is 9.20. The molecule has 0 aliphatic carbocycles. The average molecular weight is 393 g/mol. The molecule has 0 saturated carbocycles. The van der Waals surface area contributed by atoms with E-state index in [2.05, 4.69) is 5.32 Å². The maximum absolute atomic E-state index is 13.0. The Bertz CT molecular complexity index is 766. The first-order chi connectivity index (χ1) is 12.5. The highest BCUT2D eigenvalue weighted by molar-refractivity contribution is 6.35. The number of amides is 2. The molecule has 1 N–H and O–H groups in total. The molecule has 0 unspecified atom stereocenters. The number of carbonyl (C=O) groups excluding carboxylic acids is 2. The minimum absolute atomic E-state index is 0.107. The van der Waals surface area contributed by atoms with Crippen LogP contribution in [0.2, 0.25) is 10.0 Å². The van der Waals surface area contributed by atoms with E-state index in [1.807, 2.05) is 37.3 Å². The summed E-state index contributed by atoms with van der Waals surface area (Å²) in [6, 6.07) is 14.1. The monoisotopic (exact) mass is 392 g/mol. The highest BCUT2D eigenvalue weighted by Crippen LogP contribution is 2.23. The van der Waals surface area contributed by atoms with Crippen molar-refractivity contribution >= 4 is 35.0 Å². The molecule has 0 bridgehead atoms. The first kappa shape index (κ1) is 20.3. The summed E-state index contributed by atoms with van der Waals surface area (Å²) in [6.45, 7) is 2.25. The Hall–Kier alpha value is -2.04. The zero-order valence-corrected chi connectivity index (χ0v) is 16.3. The fraction of sp³-hybridized carbons (Fsp3) is 0.300. The van der Waals surface area contributed by atoms with E-state index in [-0.39, 0.29) is 18.2 Å². The van der Waals surface area contributed by atoms with Gasteiger partial charge in [0.05, 0.1) is 6.42 Å². The number of hydrogen-bond donors (Lipinski definition) is 1. The van der Waals surface area contributed by atoms with E-state index in [0.717, 1.165) is 5.56 Å². The van der Waals surface area contributed by atoms with Gasteiger partial charge in [0.15, 0.2) is 0 Å². The molecule has 138 valence electrons. The Balaban J connectivity index is 2.28. The van der Waals surface area contributed by atoms with Crippen molar-refractivity contribution in [1.82, 2.24) is 10.2 Å². The second kappa shape index (κ2) is 9.60. The van der Waals surface area contributed by atoms with Crippen LogP contribution in [0.3, 0.4) is 0 Å². The SMILES string of the molecule is CC[C@@H](C(=O)NC)N(Cc1ccccc1)C(=O)Cc1ccc(Cl)cc1Cl. The lowest BCUT2D eigenvalue weighted by Gasteiger charge is -2.30. The van der Waals surface area contributed by atoms with Crippen LogP contribution in [0.4, 0.5) is 0 Å². The Morgan fingerprint density at radius 3 is 2.38 bits per heavy atom. The lowest BCUT2D eigenvalue weighted by Crippen LogP contribution is -2.48. The second-order valence-corrected chi connectivity index (χ2v) is 6.80. The van der Waals surface area contributed by atoms with Gasteiger partial charge in [0.2, 0.25) is 11.8 Å². The van der Waals surface area contributed by atoms with Gasteiger partial charge < -0.3 is 10.2 Å². The first-order valence-electron chi connectivity index (χ1n) is 8.45. The molecule has 0 aliphatic heterocycles. The highest BCUT2D eigenvalue weighted by atomic mass is 35.5. The van der Waals surface area contributed by atoms with Crippen LogP contribution in [-0.2, 0) is 22.6 Å². The Morgan fingerprint density at radius 2 is 1.81 bits per heavy atom. The molecule has 26 heavy (non-hydrogen) atoms. The minimum atomic E-state index is -0.543. The van der Waals surface area contributed by atoms with Gasteiger partial charge in [-0.1, -0.05) is 66.5 Å². The third-order valence-corrected chi connectivity index (χ3v) is 4.77. The summed E-state index contributed by atoms with van der Waals surface area (Å²) in [6.07, 6.45) is 0.628. The van der Waals surface area contributed by atoms with E-state index in [0.29, 0.717) is 28.6 Å². The van der Waals surface area contributed by atoms with Crippen LogP contribution in [0.15, 0.2) is 48.5 Å². The van der Waals surface area contributed by atoms with Crippen LogP contribution in [0.5, 0.6) is 0 Å². The molecule has 2 rings (SSSR count). The minimum Gasteiger partial charge on any atom is -0.357 e. The maximum atomic E-state index is 13.0. The third-order valence-electron chi connectivity index (χ3n) is 4.18. The number of benzene rings is 2. The molecule has 2 aromatic rings. The molecule has 0 heterocycles. The fourth-order valence-corrected chi connectivity index (χ4v) is 3.27. The summed E-state index contributed by atoms with van der Waals surface area (Å²) >= 11 is 12.1. The Kier molecular flexibility index (Phi) is 7.49. The standard InChI is InChI=1S/C20H22Cl2N2O2/c1-3-18(20(26)23-2)24(13-14-7-5-4-6-8-14)19(25)11-15-9-10-16(21)12-17(15)22/h4-10,12,18H,3,11,13H2,1-2H3,(H,23,26)/t18-/m0/s1. The van der Waals surface area contributed by atoms with Crippen LogP contribution in [0, 0.1) is 0 Å². The predicted molar refractivity (Wildman–Crippen MR) is 105 cm³/mol. The van der Waals surface area contributed by atoms with Crippen LogP contribution in [0.1, 0.15) is 24.5 Å². The number of halogens is 2. The third kappa shape index (κ3) is 5.23. The van der Waals surface area contributed by atoms with Crippen molar-refractivity contribution < 1.29 is 9.59 Å². The fourth-order valence-electron chi connectivity index (χ4n) is 2.80. The predicted octanol–water partition coefficient (Wildman–Crippen LogP) is 4.09. The van der Waals surface area contributed by atoms with E-state index in [1.54, 1.807) is 30.1 Å². The second-order valence-electron chi connectivity index (χ2n) is 5.96. The average Bonchev–Trinajstić information content (AvgIpc) is 2.64. The lowest BCUT2D eigenvalue weighted by molar-refractivity contribution is -0.140. The quantitative estimate of drug-likeness (QED) is 0.771. The van der Waals surface area contributed by atoms with Gasteiger partial charge in [-0.2, -0.15) is 0 Å². The van der Waals surface area contributed by atoms with Crippen molar-refractivity contribution in [1.29, 1.82) is 0 Å². The van der Waals surface area contributed by atoms with E-state index in [4.69, 9.17) is 23.2 Å². The van der Waals surface area contributed by atoms with Gasteiger partial charge in [-0.05, 0) is 29.7 Å². The van der Waals surface area contributed by atoms with Gasteiger partial charge in [0.1, 0.15) is 6.04 Å². The largest absolute Gasteiger partial charge is 0.357 e. The maximum Gasteiger partial charge on any atom is 0.242 e. The van der Waals surface area contributed by atoms with Crippen LogP contribution >= 0.6 is 23.2 Å². The molecule has 1 atom stereocenters. The molecule has 0 saturated heterocycles. The number of hydrogen-bond acceptors (Lipinski definition) is 2. The number of nitrogens with one attached hydrogen (secondary N) is 1. The summed E-state index contributed by atoms with van der Waals surface area (Å²) < 4.78 is 0. The molecule has 0 aromatic heterocycles. The van der Waals surface area contributed by atoms with Gasteiger partial charge in [-0.25, -0.2) is 0 Å².